The van der Waals surface area contributed by atoms with E-state index in [1.54, 1.807) is 30.6 Å². The van der Waals surface area contributed by atoms with Crippen LogP contribution in [0.15, 0.2) is 48.8 Å². The summed E-state index contributed by atoms with van der Waals surface area (Å²) >= 11 is 0. The van der Waals surface area contributed by atoms with Crippen LogP contribution in [0.3, 0.4) is 0 Å². The van der Waals surface area contributed by atoms with Crippen LogP contribution in [-0.2, 0) is 16.0 Å². The third kappa shape index (κ3) is 3.68. The predicted octanol–water partition coefficient (Wildman–Crippen LogP) is 2.83. The fourth-order valence-electron chi connectivity index (χ4n) is 3.37. The van der Waals surface area contributed by atoms with Crippen LogP contribution in [0.5, 0.6) is 0 Å². The van der Waals surface area contributed by atoms with E-state index < -0.39 is 23.7 Å². The van der Waals surface area contributed by atoms with Crippen molar-refractivity contribution in [2.75, 3.05) is 6.54 Å². The van der Waals surface area contributed by atoms with Crippen LogP contribution in [0.2, 0.25) is 0 Å². The van der Waals surface area contributed by atoms with E-state index in [0.717, 1.165) is 5.56 Å². The first kappa shape index (κ1) is 17.1. The van der Waals surface area contributed by atoms with Gasteiger partial charge in [-0.05, 0) is 30.5 Å². The Morgan fingerprint density at radius 1 is 1.28 bits per heavy atom. The smallest absolute Gasteiger partial charge is 0.308 e. The van der Waals surface area contributed by atoms with Gasteiger partial charge in [-0.15, -0.1) is 0 Å². The van der Waals surface area contributed by atoms with E-state index in [0.29, 0.717) is 13.0 Å². The Balaban J connectivity index is 1.92. The monoisotopic (exact) mass is 342 g/mol. The number of hydrogen-bond donors (Lipinski definition) is 1. The maximum absolute atomic E-state index is 14.3. The highest BCUT2D eigenvalue weighted by Crippen LogP contribution is 2.38. The van der Waals surface area contributed by atoms with Crippen molar-refractivity contribution in [3.8, 4) is 0 Å². The second-order valence-corrected chi connectivity index (χ2v) is 6.15. The van der Waals surface area contributed by atoms with Crippen LogP contribution in [0.1, 0.15) is 30.0 Å². The molecule has 0 spiro atoms. The average molecular weight is 342 g/mol. The molecule has 2 aromatic rings. The summed E-state index contributed by atoms with van der Waals surface area (Å²) in [6, 6.07) is 8.99. The van der Waals surface area contributed by atoms with Crippen LogP contribution in [-0.4, -0.2) is 33.4 Å². The third-order valence-electron chi connectivity index (χ3n) is 4.61. The van der Waals surface area contributed by atoms with Crippen molar-refractivity contribution < 1.29 is 19.1 Å². The van der Waals surface area contributed by atoms with Crippen molar-refractivity contribution in [3.63, 3.8) is 0 Å². The summed E-state index contributed by atoms with van der Waals surface area (Å²) in [4.78, 5) is 29.7. The van der Waals surface area contributed by atoms with E-state index in [1.807, 2.05) is 12.1 Å². The lowest BCUT2D eigenvalue weighted by Crippen LogP contribution is -2.46. The summed E-state index contributed by atoms with van der Waals surface area (Å²) < 4.78 is 14.3. The molecule has 1 amide bonds. The summed E-state index contributed by atoms with van der Waals surface area (Å²) in [5.41, 5.74) is 1.20. The van der Waals surface area contributed by atoms with Gasteiger partial charge >= 0.3 is 5.97 Å². The highest BCUT2D eigenvalue weighted by atomic mass is 19.1. The molecule has 6 heteroatoms. The number of carbonyl (C=O) groups excluding carboxylic acids is 1. The number of aliphatic carboxylic acids is 1. The van der Waals surface area contributed by atoms with Gasteiger partial charge in [0.15, 0.2) is 0 Å². The number of aromatic nitrogens is 1. The van der Waals surface area contributed by atoms with E-state index in [1.165, 1.54) is 11.0 Å². The van der Waals surface area contributed by atoms with Crippen molar-refractivity contribution in [1.29, 1.82) is 0 Å². The van der Waals surface area contributed by atoms with Gasteiger partial charge in [0.25, 0.3) is 0 Å². The lowest BCUT2D eigenvalue weighted by Gasteiger charge is -2.40. The third-order valence-corrected chi connectivity index (χ3v) is 4.61. The second-order valence-electron chi connectivity index (χ2n) is 6.15. The molecule has 5 nitrogen and oxygen atoms in total. The van der Waals surface area contributed by atoms with E-state index in [9.17, 15) is 19.1 Å². The highest BCUT2D eigenvalue weighted by Gasteiger charge is 2.41. The molecule has 0 bridgehead atoms. The molecule has 1 aromatic heterocycles. The van der Waals surface area contributed by atoms with Crippen LogP contribution < -0.4 is 0 Å². The molecule has 1 N–H and O–H groups in total. The van der Waals surface area contributed by atoms with E-state index >= 15 is 0 Å². The summed E-state index contributed by atoms with van der Waals surface area (Å²) in [6.45, 7) is 0.327. The van der Waals surface area contributed by atoms with Gasteiger partial charge in [0.2, 0.25) is 5.91 Å². The lowest BCUT2D eigenvalue weighted by atomic mass is 9.84. The van der Waals surface area contributed by atoms with Crippen LogP contribution in [0.4, 0.5) is 4.39 Å². The van der Waals surface area contributed by atoms with Crippen molar-refractivity contribution in [3.05, 3.63) is 65.7 Å². The number of nitrogens with zero attached hydrogens (tertiary/aromatic N) is 2. The van der Waals surface area contributed by atoms with Gasteiger partial charge in [-0.3, -0.25) is 14.6 Å². The summed E-state index contributed by atoms with van der Waals surface area (Å²) in [5.74, 6) is -2.45. The fraction of sp³-hybridized carbons (Fsp3) is 0.316. The number of rotatable bonds is 5. The Morgan fingerprint density at radius 2 is 2.08 bits per heavy atom. The maximum Gasteiger partial charge on any atom is 0.308 e. The standard InChI is InChI=1S/C19H19FN2O3/c20-16-6-2-1-5-14(16)18-15(19(24)25)7-8-17(23)22(18)11-9-13-4-3-10-21-12-13/h1-6,10,12,15,18H,7-9,11H2,(H,24,25). The molecule has 2 atom stereocenters. The maximum atomic E-state index is 14.3. The minimum absolute atomic E-state index is 0.144. The minimum atomic E-state index is -1.01. The van der Waals surface area contributed by atoms with Crippen molar-refractivity contribution in [1.82, 2.24) is 9.88 Å². The van der Waals surface area contributed by atoms with Crippen molar-refractivity contribution in [2.45, 2.75) is 25.3 Å². The Bertz CT molecular complexity index is 766. The molecule has 0 radical (unpaired) electrons. The number of carbonyl (C=O) groups is 2. The number of piperidine rings is 1. The number of benzene rings is 1. The van der Waals surface area contributed by atoms with Crippen molar-refractivity contribution >= 4 is 11.9 Å². The van der Waals surface area contributed by atoms with Gasteiger partial charge in [-0.2, -0.15) is 0 Å². The zero-order chi connectivity index (χ0) is 17.8. The van der Waals surface area contributed by atoms with Gasteiger partial charge in [-0.25, -0.2) is 4.39 Å². The number of amides is 1. The molecule has 1 aliphatic rings. The predicted molar refractivity (Wildman–Crippen MR) is 89.2 cm³/mol. The molecule has 0 aliphatic carbocycles. The van der Waals surface area contributed by atoms with Gasteiger partial charge in [0.1, 0.15) is 5.82 Å². The second kappa shape index (κ2) is 7.42. The molecule has 1 aromatic carbocycles. The Labute approximate surface area is 145 Å². The summed E-state index contributed by atoms with van der Waals surface area (Å²) in [7, 11) is 0. The molecule has 2 heterocycles. The summed E-state index contributed by atoms with van der Waals surface area (Å²) in [6.07, 6.45) is 4.29. The van der Waals surface area contributed by atoms with E-state index in [-0.39, 0.29) is 24.3 Å². The largest absolute Gasteiger partial charge is 0.481 e. The zero-order valence-corrected chi connectivity index (χ0v) is 13.6. The number of carboxylic acid groups (broad SMARTS) is 1. The molecule has 1 aliphatic heterocycles. The molecule has 2 unspecified atom stereocenters. The molecule has 1 fully saturated rings. The molecule has 3 rings (SSSR count). The zero-order valence-electron chi connectivity index (χ0n) is 13.6. The van der Waals surface area contributed by atoms with Gasteiger partial charge in [0, 0.05) is 30.9 Å². The normalized spacial score (nSPS) is 20.5. The Kier molecular flexibility index (Phi) is 5.07. The molecule has 1 saturated heterocycles. The first-order chi connectivity index (χ1) is 12.1. The summed E-state index contributed by atoms with van der Waals surface area (Å²) in [5, 5.41) is 9.58. The van der Waals surface area contributed by atoms with Gasteiger partial charge in [-0.1, -0.05) is 24.3 Å². The fourth-order valence-corrected chi connectivity index (χ4v) is 3.37. The Morgan fingerprint density at radius 3 is 2.76 bits per heavy atom. The molecule has 25 heavy (non-hydrogen) atoms. The first-order valence-corrected chi connectivity index (χ1v) is 8.23. The molecular formula is C19H19FN2O3. The lowest BCUT2D eigenvalue weighted by molar-refractivity contribution is -0.152. The quantitative estimate of drug-likeness (QED) is 0.907. The SMILES string of the molecule is O=C(O)C1CCC(=O)N(CCc2cccnc2)C1c1ccccc1F. The highest BCUT2D eigenvalue weighted by molar-refractivity contribution is 5.81. The van der Waals surface area contributed by atoms with E-state index in [4.69, 9.17) is 0 Å². The van der Waals surface area contributed by atoms with Crippen LogP contribution in [0, 0.1) is 11.7 Å². The average Bonchev–Trinajstić information content (AvgIpc) is 2.61. The van der Waals surface area contributed by atoms with Crippen LogP contribution in [0.25, 0.3) is 0 Å². The topological polar surface area (TPSA) is 70.5 Å². The number of carboxylic acids is 1. The molecular weight excluding hydrogens is 323 g/mol. The molecule has 0 saturated carbocycles. The number of hydrogen-bond acceptors (Lipinski definition) is 3. The number of likely N-dealkylation sites (tertiary alicyclic amines) is 1. The Hall–Kier alpha value is -2.76. The van der Waals surface area contributed by atoms with Crippen molar-refractivity contribution in [2.24, 2.45) is 5.92 Å². The van der Waals surface area contributed by atoms with Gasteiger partial charge in [0.05, 0.1) is 12.0 Å². The minimum Gasteiger partial charge on any atom is -0.481 e. The van der Waals surface area contributed by atoms with Crippen LogP contribution >= 0.6 is 0 Å². The van der Waals surface area contributed by atoms with Gasteiger partial charge < -0.3 is 10.0 Å². The number of halogens is 1. The first-order valence-electron chi connectivity index (χ1n) is 8.23. The molecule has 130 valence electrons. The van der Waals surface area contributed by atoms with E-state index in [2.05, 4.69) is 4.98 Å². The number of pyridine rings is 1.